The van der Waals surface area contributed by atoms with Gasteiger partial charge in [-0.2, -0.15) is 5.26 Å². The molecule has 0 bridgehead atoms. The lowest BCUT2D eigenvalue weighted by Crippen LogP contribution is -2.48. The van der Waals surface area contributed by atoms with Crippen LogP contribution in [0.5, 0.6) is 0 Å². The van der Waals surface area contributed by atoms with Crippen LogP contribution in [0, 0.1) is 11.3 Å². The molecule has 138 valence electrons. The number of esters is 1. The van der Waals surface area contributed by atoms with Gasteiger partial charge in [-0.25, -0.2) is 9.59 Å². The van der Waals surface area contributed by atoms with Gasteiger partial charge in [0.15, 0.2) is 0 Å². The number of methoxy groups -OCH3 is 1. The lowest BCUT2D eigenvalue weighted by Gasteiger charge is -2.35. The van der Waals surface area contributed by atoms with Crippen molar-refractivity contribution < 1.29 is 14.3 Å². The molecule has 0 saturated carbocycles. The van der Waals surface area contributed by atoms with Crippen molar-refractivity contribution >= 4 is 23.3 Å². The Hall–Kier alpha value is -3.11. The Balaban J connectivity index is 1.97. The number of nitrogens with one attached hydrogen (secondary N) is 1. The van der Waals surface area contributed by atoms with Crippen LogP contribution < -0.4 is 5.32 Å². The molecule has 1 atom stereocenters. The maximum atomic E-state index is 12.7. The summed E-state index contributed by atoms with van der Waals surface area (Å²) in [6, 6.07) is 12.0. The van der Waals surface area contributed by atoms with E-state index < -0.39 is 12.0 Å². The van der Waals surface area contributed by atoms with Gasteiger partial charge in [-0.05, 0) is 42.5 Å². The first-order valence-corrected chi connectivity index (χ1v) is 9.32. The summed E-state index contributed by atoms with van der Waals surface area (Å²) in [5.41, 5.74) is 2.07. The predicted octanol–water partition coefficient (Wildman–Crippen LogP) is 3.38. The molecule has 2 heterocycles. The van der Waals surface area contributed by atoms with Crippen LogP contribution in [0.15, 0.2) is 53.0 Å². The lowest BCUT2D eigenvalue weighted by molar-refractivity contribution is -0.136. The molecule has 1 N–H and O–H groups in total. The zero-order chi connectivity index (χ0) is 19.4. The average molecular weight is 381 g/mol. The summed E-state index contributed by atoms with van der Waals surface area (Å²) in [5, 5.41) is 14.0. The number of hydrogen-bond acceptors (Lipinski definition) is 5. The molecule has 1 aromatic heterocycles. The fourth-order valence-electron chi connectivity index (χ4n) is 3.14. The molecule has 0 spiro atoms. The second-order valence-electron chi connectivity index (χ2n) is 6.09. The number of hydrogen-bond donors (Lipinski definition) is 1. The van der Waals surface area contributed by atoms with E-state index in [9.17, 15) is 9.59 Å². The highest BCUT2D eigenvalue weighted by atomic mass is 32.1. The molecule has 1 aliphatic heterocycles. The van der Waals surface area contributed by atoms with Crippen molar-refractivity contribution in [3.05, 3.63) is 69.1 Å². The number of rotatable bonds is 5. The molecule has 2 amide bonds. The van der Waals surface area contributed by atoms with Crippen LogP contribution in [0.25, 0.3) is 0 Å². The van der Waals surface area contributed by atoms with Crippen LogP contribution in [0.1, 0.15) is 29.0 Å². The van der Waals surface area contributed by atoms with Gasteiger partial charge in [0.25, 0.3) is 0 Å². The van der Waals surface area contributed by atoms with E-state index in [1.807, 2.05) is 17.5 Å². The van der Waals surface area contributed by atoms with E-state index in [0.717, 1.165) is 0 Å². The van der Waals surface area contributed by atoms with Crippen molar-refractivity contribution in [3.8, 4) is 6.07 Å². The number of nitriles is 1. The average Bonchev–Trinajstić information content (AvgIpc) is 3.20. The number of ether oxygens (including phenoxy) is 1. The minimum absolute atomic E-state index is 0.274. The van der Waals surface area contributed by atoms with Crippen molar-refractivity contribution in [2.24, 2.45) is 0 Å². The Bertz CT molecular complexity index is 928. The van der Waals surface area contributed by atoms with Gasteiger partial charge in [-0.15, -0.1) is 11.3 Å². The molecule has 0 radical (unpaired) electrons. The molecule has 2 aromatic rings. The third-order valence-electron chi connectivity index (χ3n) is 4.51. The summed E-state index contributed by atoms with van der Waals surface area (Å²) in [6.45, 7) is 2.21. The largest absolute Gasteiger partial charge is 0.466 e. The zero-order valence-electron chi connectivity index (χ0n) is 15.1. The SMILES string of the molecule is COC(=O)C1=C(C)N(CCc2cccs2)C(=O)NC1c1cccc(C#N)c1. The smallest absolute Gasteiger partial charge is 0.337 e. The molecular weight excluding hydrogens is 362 g/mol. The topological polar surface area (TPSA) is 82.4 Å². The number of carbonyl (C=O) groups excluding carboxylic acids is 2. The van der Waals surface area contributed by atoms with E-state index in [-0.39, 0.29) is 6.03 Å². The van der Waals surface area contributed by atoms with Crippen molar-refractivity contribution in [1.29, 1.82) is 5.26 Å². The third kappa shape index (κ3) is 3.86. The first-order valence-electron chi connectivity index (χ1n) is 8.44. The van der Waals surface area contributed by atoms with Crippen LogP contribution in [0.2, 0.25) is 0 Å². The number of nitrogens with zero attached hydrogens (tertiary/aromatic N) is 2. The van der Waals surface area contributed by atoms with Crippen LogP contribution in [0.3, 0.4) is 0 Å². The van der Waals surface area contributed by atoms with Gasteiger partial charge < -0.3 is 10.1 Å². The quantitative estimate of drug-likeness (QED) is 0.805. The highest BCUT2D eigenvalue weighted by molar-refractivity contribution is 7.09. The lowest BCUT2D eigenvalue weighted by atomic mass is 9.94. The Kier molecular flexibility index (Phi) is 5.57. The molecule has 27 heavy (non-hydrogen) atoms. The zero-order valence-corrected chi connectivity index (χ0v) is 15.9. The van der Waals surface area contributed by atoms with Crippen molar-refractivity contribution in [2.45, 2.75) is 19.4 Å². The van der Waals surface area contributed by atoms with Crippen LogP contribution in [0.4, 0.5) is 4.79 Å². The van der Waals surface area contributed by atoms with Gasteiger partial charge in [0.2, 0.25) is 0 Å². The standard InChI is InChI=1S/C20H19N3O3S/c1-13-17(19(24)26-2)18(15-6-3-5-14(11-15)12-21)22-20(25)23(13)9-8-16-7-4-10-27-16/h3-7,10-11,18H,8-9H2,1-2H3,(H,22,25). The van der Waals surface area contributed by atoms with Gasteiger partial charge >= 0.3 is 12.0 Å². The Labute approximate surface area is 161 Å². The molecule has 0 saturated heterocycles. The van der Waals surface area contributed by atoms with Crippen LogP contribution in [-0.4, -0.2) is 30.6 Å². The first kappa shape index (κ1) is 18.7. The number of benzene rings is 1. The van der Waals surface area contributed by atoms with Crippen molar-refractivity contribution in [1.82, 2.24) is 10.2 Å². The monoisotopic (exact) mass is 381 g/mol. The van der Waals surface area contributed by atoms with Crippen molar-refractivity contribution in [2.75, 3.05) is 13.7 Å². The fourth-order valence-corrected chi connectivity index (χ4v) is 3.84. The summed E-state index contributed by atoms with van der Waals surface area (Å²) in [6.07, 6.45) is 0.700. The molecule has 3 rings (SSSR count). The molecule has 0 fully saturated rings. The predicted molar refractivity (Wildman–Crippen MR) is 102 cm³/mol. The van der Waals surface area contributed by atoms with E-state index in [1.165, 1.54) is 12.0 Å². The van der Waals surface area contributed by atoms with Gasteiger partial charge in [0, 0.05) is 17.1 Å². The first-order chi connectivity index (χ1) is 13.0. The fraction of sp³-hybridized carbons (Fsp3) is 0.250. The van der Waals surface area contributed by atoms with Crippen molar-refractivity contribution in [3.63, 3.8) is 0 Å². The van der Waals surface area contributed by atoms with E-state index in [2.05, 4.69) is 11.4 Å². The van der Waals surface area contributed by atoms with E-state index >= 15 is 0 Å². The molecule has 6 nitrogen and oxygen atoms in total. The van der Waals surface area contributed by atoms with Gasteiger partial charge in [-0.1, -0.05) is 18.2 Å². The molecular formula is C20H19N3O3S. The number of allylic oxidation sites excluding steroid dienone is 1. The number of urea groups is 1. The highest BCUT2D eigenvalue weighted by Crippen LogP contribution is 2.31. The number of thiophene rings is 1. The van der Waals surface area contributed by atoms with E-state index in [4.69, 9.17) is 10.00 Å². The van der Waals surface area contributed by atoms with E-state index in [1.54, 1.807) is 47.4 Å². The minimum atomic E-state index is -0.656. The summed E-state index contributed by atoms with van der Waals surface area (Å²) in [7, 11) is 1.32. The number of amides is 2. The van der Waals surface area contributed by atoms with E-state index in [0.29, 0.717) is 35.4 Å². The normalized spacial score (nSPS) is 16.7. The van der Waals surface area contributed by atoms with Gasteiger partial charge in [0.05, 0.1) is 30.4 Å². The second-order valence-corrected chi connectivity index (χ2v) is 7.12. The maximum absolute atomic E-state index is 12.7. The van der Waals surface area contributed by atoms with Gasteiger partial charge in [0.1, 0.15) is 0 Å². The Morgan fingerprint density at radius 2 is 2.19 bits per heavy atom. The van der Waals surface area contributed by atoms with Gasteiger partial charge in [-0.3, -0.25) is 4.90 Å². The number of carbonyl (C=O) groups is 2. The maximum Gasteiger partial charge on any atom is 0.337 e. The third-order valence-corrected chi connectivity index (χ3v) is 5.45. The molecule has 1 unspecified atom stereocenters. The molecule has 7 heteroatoms. The molecule has 1 aromatic carbocycles. The summed E-state index contributed by atoms with van der Waals surface area (Å²) >= 11 is 1.63. The second kappa shape index (κ2) is 8.06. The summed E-state index contributed by atoms with van der Waals surface area (Å²) in [4.78, 5) is 27.9. The highest BCUT2D eigenvalue weighted by Gasteiger charge is 2.36. The molecule has 0 aliphatic carbocycles. The molecule has 1 aliphatic rings. The Morgan fingerprint density at radius 3 is 2.85 bits per heavy atom. The minimum Gasteiger partial charge on any atom is -0.466 e. The Morgan fingerprint density at radius 1 is 1.37 bits per heavy atom. The van der Waals surface area contributed by atoms with Crippen LogP contribution >= 0.6 is 11.3 Å². The summed E-state index contributed by atoms with van der Waals surface area (Å²) in [5.74, 6) is -0.499. The summed E-state index contributed by atoms with van der Waals surface area (Å²) < 4.78 is 4.96. The van der Waals surface area contributed by atoms with Crippen LogP contribution in [-0.2, 0) is 16.0 Å².